The number of aryl methyl sites for hydroxylation is 1. The number of aromatic nitrogens is 2. The van der Waals surface area contributed by atoms with Crippen LogP contribution < -0.4 is 0 Å². The second-order valence-corrected chi connectivity index (χ2v) is 6.12. The molecule has 1 aromatic heterocycles. The summed E-state index contributed by atoms with van der Waals surface area (Å²) < 4.78 is 3.42. The van der Waals surface area contributed by atoms with E-state index in [1.807, 2.05) is 12.4 Å². The monoisotopic (exact) mass is 374 g/mol. The van der Waals surface area contributed by atoms with Crippen LogP contribution in [0, 0.1) is 10.5 Å². The van der Waals surface area contributed by atoms with Crippen molar-refractivity contribution < 1.29 is 0 Å². The molecule has 3 heteroatoms. The van der Waals surface area contributed by atoms with Gasteiger partial charge in [-0.15, -0.1) is 0 Å². The van der Waals surface area contributed by atoms with Crippen LogP contribution in [-0.2, 0) is 6.54 Å². The molecule has 0 saturated carbocycles. The minimum Gasteiger partial charge on any atom is -0.327 e. The van der Waals surface area contributed by atoms with Gasteiger partial charge in [0, 0.05) is 28.1 Å². The Labute approximate surface area is 132 Å². The lowest BCUT2D eigenvalue weighted by molar-refractivity contribution is 0.806. The first-order chi connectivity index (χ1) is 9.72. The van der Waals surface area contributed by atoms with E-state index in [1.165, 1.54) is 14.7 Å². The van der Waals surface area contributed by atoms with E-state index in [4.69, 9.17) is 0 Å². The number of imidazole rings is 1. The molecule has 20 heavy (non-hydrogen) atoms. The third-order valence-electron chi connectivity index (χ3n) is 3.23. The van der Waals surface area contributed by atoms with Crippen LogP contribution in [0.1, 0.15) is 11.1 Å². The summed E-state index contributed by atoms with van der Waals surface area (Å²) in [7, 11) is 0. The molecule has 2 aromatic carbocycles. The Morgan fingerprint density at radius 3 is 2.75 bits per heavy atom. The molecule has 0 aliphatic carbocycles. The highest BCUT2D eigenvalue weighted by atomic mass is 127. The van der Waals surface area contributed by atoms with Gasteiger partial charge in [0.05, 0.1) is 0 Å². The Hall–Kier alpha value is -1.62. The van der Waals surface area contributed by atoms with Crippen LogP contribution in [-0.4, -0.2) is 9.55 Å². The molecule has 0 aliphatic rings. The van der Waals surface area contributed by atoms with Gasteiger partial charge in [0.1, 0.15) is 5.82 Å². The quantitative estimate of drug-likeness (QED) is 0.617. The first-order valence-electron chi connectivity index (χ1n) is 6.55. The summed E-state index contributed by atoms with van der Waals surface area (Å²) in [5.41, 5.74) is 3.75. The predicted molar refractivity (Wildman–Crippen MR) is 90.7 cm³/mol. The van der Waals surface area contributed by atoms with Gasteiger partial charge < -0.3 is 4.57 Å². The zero-order chi connectivity index (χ0) is 13.9. The molecule has 0 saturated heterocycles. The summed E-state index contributed by atoms with van der Waals surface area (Å²) in [4.78, 5) is 4.51. The van der Waals surface area contributed by atoms with Crippen LogP contribution >= 0.6 is 22.6 Å². The molecule has 0 radical (unpaired) electrons. The van der Waals surface area contributed by atoms with Gasteiger partial charge in [-0.05, 0) is 47.2 Å². The molecule has 3 aromatic rings. The summed E-state index contributed by atoms with van der Waals surface area (Å²) in [6.45, 7) is 2.97. The van der Waals surface area contributed by atoms with Crippen molar-refractivity contribution in [3.8, 4) is 11.4 Å². The molecule has 0 spiro atoms. The van der Waals surface area contributed by atoms with Crippen molar-refractivity contribution in [3.05, 3.63) is 75.6 Å². The van der Waals surface area contributed by atoms with Crippen LogP contribution in [0.5, 0.6) is 0 Å². The Morgan fingerprint density at radius 2 is 1.95 bits per heavy atom. The largest absolute Gasteiger partial charge is 0.327 e. The van der Waals surface area contributed by atoms with Gasteiger partial charge in [-0.1, -0.05) is 42.0 Å². The van der Waals surface area contributed by atoms with Crippen LogP contribution in [0.25, 0.3) is 11.4 Å². The van der Waals surface area contributed by atoms with Crippen molar-refractivity contribution in [2.75, 3.05) is 0 Å². The minimum absolute atomic E-state index is 0.850. The van der Waals surface area contributed by atoms with E-state index in [-0.39, 0.29) is 0 Å². The molecule has 0 fully saturated rings. The topological polar surface area (TPSA) is 17.8 Å². The lowest BCUT2D eigenvalue weighted by Crippen LogP contribution is -2.01. The summed E-state index contributed by atoms with van der Waals surface area (Å²) in [5.74, 6) is 1.02. The molecule has 0 amide bonds. The molecule has 100 valence electrons. The highest BCUT2D eigenvalue weighted by Gasteiger charge is 2.06. The average molecular weight is 374 g/mol. The van der Waals surface area contributed by atoms with Crippen molar-refractivity contribution >= 4 is 22.6 Å². The maximum Gasteiger partial charge on any atom is 0.140 e. The first-order valence-corrected chi connectivity index (χ1v) is 7.63. The normalized spacial score (nSPS) is 10.7. The van der Waals surface area contributed by atoms with E-state index >= 15 is 0 Å². The fourth-order valence-electron chi connectivity index (χ4n) is 2.33. The summed E-state index contributed by atoms with van der Waals surface area (Å²) in [6.07, 6.45) is 3.91. The summed E-state index contributed by atoms with van der Waals surface area (Å²) in [5, 5.41) is 0. The summed E-state index contributed by atoms with van der Waals surface area (Å²) in [6, 6.07) is 17.0. The molecular formula is C17H15IN2. The van der Waals surface area contributed by atoms with E-state index in [1.54, 1.807) is 0 Å². The fraction of sp³-hybridized carbons (Fsp3) is 0.118. The summed E-state index contributed by atoms with van der Waals surface area (Å²) >= 11 is 2.33. The molecule has 2 nitrogen and oxygen atoms in total. The Balaban J connectivity index is 1.94. The number of benzene rings is 2. The second-order valence-electron chi connectivity index (χ2n) is 4.88. The van der Waals surface area contributed by atoms with Crippen LogP contribution in [0.2, 0.25) is 0 Å². The van der Waals surface area contributed by atoms with Gasteiger partial charge in [0.15, 0.2) is 0 Å². The van der Waals surface area contributed by atoms with Crippen molar-refractivity contribution in [1.82, 2.24) is 9.55 Å². The number of hydrogen-bond donors (Lipinski definition) is 0. The number of nitrogens with zero attached hydrogens (tertiary/aromatic N) is 2. The average Bonchev–Trinajstić information content (AvgIpc) is 2.87. The zero-order valence-electron chi connectivity index (χ0n) is 11.3. The predicted octanol–water partition coefficient (Wildman–Crippen LogP) is 4.51. The van der Waals surface area contributed by atoms with Crippen LogP contribution in [0.4, 0.5) is 0 Å². The third-order valence-corrected chi connectivity index (χ3v) is 3.90. The molecule has 0 N–H and O–H groups in total. The van der Waals surface area contributed by atoms with Gasteiger partial charge in [0.2, 0.25) is 0 Å². The van der Waals surface area contributed by atoms with E-state index < -0.39 is 0 Å². The van der Waals surface area contributed by atoms with Crippen molar-refractivity contribution in [1.29, 1.82) is 0 Å². The van der Waals surface area contributed by atoms with E-state index in [0.717, 1.165) is 17.9 Å². The lowest BCUT2D eigenvalue weighted by Gasteiger charge is -2.09. The molecular weight excluding hydrogens is 359 g/mol. The van der Waals surface area contributed by atoms with Crippen molar-refractivity contribution in [2.45, 2.75) is 13.5 Å². The van der Waals surface area contributed by atoms with Crippen LogP contribution in [0.3, 0.4) is 0 Å². The van der Waals surface area contributed by atoms with Gasteiger partial charge in [-0.25, -0.2) is 4.98 Å². The smallest absolute Gasteiger partial charge is 0.140 e. The van der Waals surface area contributed by atoms with E-state index in [0.29, 0.717) is 0 Å². The fourth-order valence-corrected chi connectivity index (χ4v) is 2.87. The molecule has 1 heterocycles. The standard InChI is InChI=1S/C17H15IN2/c1-13-4-2-5-14(10-13)12-20-9-8-19-17(20)15-6-3-7-16(18)11-15/h2-11H,12H2,1H3. The molecule has 0 unspecified atom stereocenters. The molecule has 0 bridgehead atoms. The minimum atomic E-state index is 0.850. The van der Waals surface area contributed by atoms with Crippen LogP contribution in [0.15, 0.2) is 60.9 Å². The number of hydrogen-bond acceptors (Lipinski definition) is 1. The molecule has 3 rings (SSSR count). The van der Waals surface area contributed by atoms with E-state index in [9.17, 15) is 0 Å². The van der Waals surface area contributed by atoms with Gasteiger partial charge in [-0.2, -0.15) is 0 Å². The second kappa shape index (κ2) is 5.79. The Morgan fingerprint density at radius 1 is 1.10 bits per heavy atom. The number of halogens is 1. The Kier molecular flexibility index (Phi) is 3.87. The first kappa shape index (κ1) is 13.4. The molecule has 0 atom stereocenters. The zero-order valence-corrected chi connectivity index (χ0v) is 13.4. The highest BCUT2D eigenvalue weighted by Crippen LogP contribution is 2.20. The maximum atomic E-state index is 4.51. The van der Waals surface area contributed by atoms with Gasteiger partial charge in [0.25, 0.3) is 0 Å². The maximum absolute atomic E-state index is 4.51. The van der Waals surface area contributed by atoms with Crippen molar-refractivity contribution in [2.24, 2.45) is 0 Å². The highest BCUT2D eigenvalue weighted by molar-refractivity contribution is 14.1. The molecule has 0 aliphatic heterocycles. The third kappa shape index (κ3) is 2.93. The van der Waals surface area contributed by atoms with Gasteiger partial charge in [-0.3, -0.25) is 0 Å². The van der Waals surface area contributed by atoms with Crippen molar-refractivity contribution in [3.63, 3.8) is 0 Å². The lowest BCUT2D eigenvalue weighted by atomic mass is 10.1. The number of rotatable bonds is 3. The van der Waals surface area contributed by atoms with E-state index in [2.05, 4.69) is 87.6 Å². The SMILES string of the molecule is Cc1cccc(Cn2ccnc2-c2cccc(I)c2)c1. The van der Waals surface area contributed by atoms with Gasteiger partial charge >= 0.3 is 0 Å². The Bertz CT molecular complexity index is 731.